The van der Waals surface area contributed by atoms with Gasteiger partial charge in [-0.05, 0) is 91.4 Å². The Morgan fingerprint density at radius 1 is 0.809 bits per heavy atom. The normalized spacial score (nSPS) is 19.0. The third-order valence-electron chi connectivity index (χ3n) is 10.3. The lowest BCUT2D eigenvalue weighted by Gasteiger charge is -2.40. The number of ether oxygens (including phenoxy) is 5. The van der Waals surface area contributed by atoms with E-state index in [-0.39, 0.29) is 23.7 Å². The molecular formula is C38H38N2O7. The highest BCUT2D eigenvalue weighted by molar-refractivity contribution is 5.78. The summed E-state index contributed by atoms with van der Waals surface area (Å²) in [5.41, 5.74) is 7.75. The summed E-state index contributed by atoms with van der Waals surface area (Å²) in [5.74, 6) is 4.39. The van der Waals surface area contributed by atoms with Crippen molar-refractivity contribution in [2.75, 3.05) is 41.5 Å². The van der Waals surface area contributed by atoms with Crippen LogP contribution in [-0.2, 0) is 30.5 Å². The van der Waals surface area contributed by atoms with E-state index in [0.717, 1.165) is 51.9 Å². The minimum absolute atomic E-state index is 0.0143. The van der Waals surface area contributed by atoms with Crippen molar-refractivity contribution < 1.29 is 33.6 Å². The van der Waals surface area contributed by atoms with Gasteiger partial charge in [-0.15, -0.1) is 0 Å². The number of methoxy groups -OCH3 is 3. The Morgan fingerprint density at radius 3 is 2.26 bits per heavy atom. The van der Waals surface area contributed by atoms with Crippen molar-refractivity contribution in [2.45, 2.75) is 44.7 Å². The number of aromatic hydroxyl groups is 1. The molecule has 1 amide bonds. The van der Waals surface area contributed by atoms with Gasteiger partial charge in [0.15, 0.2) is 23.0 Å². The first-order chi connectivity index (χ1) is 22.8. The van der Waals surface area contributed by atoms with Gasteiger partial charge in [-0.25, -0.2) is 0 Å². The van der Waals surface area contributed by atoms with Gasteiger partial charge in [0.1, 0.15) is 11.5 Å². The number of carbonyl (C=O) groups excluding carboxylic acids is 1. The molecular weight excluding hydrogens is 596 g/mol. The molecule has 7 bridgehead atoms. The van der Waals surface area contributed by atoms with E-state index in [1.807, 2.05) is 29.2 Å². The molecule has 47 heavy (non-hydrogen) atoms. The fraction of sp³-hybridized carbons (Fsp3) is 0.342. The number of benzene rings is 4. The predicted octanol–water partition coefficient (Wildman–Crippen LogP) is 6.76. The molecule has 2 atom stereocenters. The van der Waals surface area contributed by atoms with Crippen molar-refractivity contribution >= 4 is 5.91 Å². The molecule has 0 fully saturated rings. The molecule has 8 rings (SSSR count). The molecule has 0 aliphatic carbocycles. The SMILES string of the molecule is COc1ccc2cc1-c1cc(ccc1O)C[C@H]1c3cc4c(cc3CCN1C(C)=O)Oc1c(OC)c(OC)c3c(c1O4)[C@H](C2)N(C)CC3. The van der Waals surface area contributed by atoms with Crippen molar-refractivity contribution in [1.29, 1.82) is 0 Å². The molecule has 0 unspecified atom stereocenters. The third-order valence-corrected chi connectivity index (χ3v) is 10.3. The summed E-state index contributed by atoms with van der Waals surface area (Å²) in [7, 11) is 7.08. The second kappa shape index (κ2) is 11.1. The van der Waals surface area contributed by atoms with E-state index in [0.29, 0.717) is 71.6 Å². The van der Waals surface area contributed by atoms with Gasteiger partial charge in [0, 0.05) is 48.3 Å². The fourth-order valence-corrected chi connectivity index (χ4v) is 7.99. The molecule has 9 nitrogen and oxygen atoms in total. The van der Waals surface area contributed by atoms with Crippen molar-refractivity contribution in [1.82, 2.24) is 9.80 Å². The van der Waals surface area contributed by atoms with Gasteiger partial charge < -0.3 is 33.7 Å². The fourth-order valence-electron chi connectivity index (χ4n) is 7.99. The summed E-state index contributed by atoms with van der Waals surface area (Å²) < 4.78 is 31.4. The van der Waals surface area contributed by atoms with Gasteiger partial charge in [0.05, 0.1) is 27.4 Å². The topological polar surface area (TPSA) is 89.9 Å². The second-order valence-electron chi connectivity index (χ2n) is 12.8. The largest absolute Gasteiger partial charge is 0.507 e. The second-order valence-corrected chi connectivity index (χ2v) is 12.8. The zero-order chi connectivity index (χ0) is 32.6. The Labute approximate surface area is 274 Å². The van der Waals surface area contributed by atoms with Crippen molar-refractivity contribution in [2.24, 2.45) is 0 Å². The van der Waals surface area contributed by atoms with Gasteiger partial charge in [0.25, 0.3) is 0 Å². The average molecular weight is 635 g/mol. The maximum atomic E-state index is 13.0. The Kier molecular flexibility index (Phi) is 6.98. The highest BCUT2D eigenvalue weighted by atomic mass is 16.6. The summed E-state index contributed by atoms with van der Waals surface area (Å²) in [6.45, 7) is 3.03. The van der Waals surface area contributed by atoms with Crippen LogP contribution in [0.4, 0.5) is 0 Å². The van der Waals surface area contributed by atoms with Crippen LogP contribution in [0, 0.1) is 0 Å². The van der Waals surface area contributed by atoms with Crippen LogP contribution in [0.2, 0.25) is 0 Å². The highest BCUT2D eigenvalue weighted by Crippen LogP contribution is 2.60. The lowest BCUT2D eigenvalue weighted by molar-refractivity contribution is -0.131. The van der Waals surface area contributed by atoms with Crippen LogP contribution in [0.5, 0.6) is 46.0 Å². The summed E-state index contributed by atoms with van der Waals surface area (Å²) in [6, 6.07) is 15.6. The monoisotopic (exact) mass is 634 g/mol. The van der Waals surface area contributed by atoms with Crippen molar-refractivity contribution in [3.05, 3.63) is 81.9 Å². The zero-order valence-corrected chi connectivity index (χ0v) is 27.3. The van der Waals surface area contributed by atoms with Crippen LogP contribution in [0.1, 0.15) is 52.4 Å². The minimum atomic E-state index is -0.233. The number of rotatable bonds is 3. The van der Waals surface area contributed by atoms with Crippen LogP contribution >= 0.6 is 0 Å². The third kappa shape index (κ3) is 4.58. The molecule has 4 aromatic rings. The maximum Gasteiger partial charge on any atom is 0.219 e. The molecule has 0 saturated heterocycles. The quantitative estimate of drug-likeness (QED) is 0.233. The van der Waals surface area contributed by atoms with E-state index in [4.69, 9.17) is 23.7 Å². The molecule has 4 aromatic carbocycles. The molecule has 0 aromatic heterocycles. The zero-order valence-electron chi connectivity index (χ0n) is 27.3. The van der Waals surface area contributed by atoms with Gasteiger partial charge in [0.2, 0.25) is 17.4 Å². The number of fused-ring (bicyclic) bond motifs is 5. The van der Waals surface area contributed by atoms with Crippen LogP contribution in [-0.4, -0.2) is 62.3 Å². The van der Waals surface area contributed by atoms with Crippen LogP contribution in [0.25, 0.3) is 11.1 Å². The molecule has 0 spiro atoms. The molecule has 4 aliphatic rings. The first-order valence-corrected chi connectivity index (χ1v) is 16.1. The van der Waals surface area contributed by atoms with E-state index >= 15 is 0 Å². The summed E-state index contributed by atoms with van der Waals surface area (Å²) in [6.07, 6.45) is 2.67. The van der Waals surface area contributed by atoms with Crippen molar-refractivity contribution in [3.8, 4) is 57.1 Å². The number of hydrogen-bond donors (Lipinski definition) is 1. The lowest BCUT2D eigenvalue weighted by Crippen LogP contribution is -2.39. The number of likely N-dealkylation sites (N-methyl/N-ethyl adjacent to an activating group) is 1. The van der Waals surface area contributed by atoms with Gasteiger partial charge in [-0.3, -0.25) is 9.69 Å². The number of phenolic OH excluding ortho intramolecular Hbond substituents is 1. The average Bonchev–Trinajstić information content (AvgIpc) is 3.07. The molecule has 0 saturated carbocycles. The molecule has 9 heteroatoms. The van der Waals surface area contributed by atoms with E-state index in [1.165, 1.54) is 0 Å². The number of carbonyl (C=O) groups is 1. The molecule has 4 heterocycles. The molecule has 0 radical (unpaired) electrons. The van der Waals surface area contributed by atoms with E-state index < -0.39 is 0 Å². The highest BCUT2D eigenvalue weighted by Gasteiger charge is 2.40. The number of hydrogen-bond acceptors (Lipinski definition) is 8. The standard InChI is InChI=1S/C38H38N2O7/c1-20(41)40-13-10-23-18-32-33-19-25(23)28(40)16-21-6-8-30(42)26(14-21)27-15-22(7-9-31(27)43-3)17-29-34-24(11-12-39(29)2)35(44-4)37(45-5)38(47-32)36(34)46-33/h6-9,14-15,18-19,28-29,42H,10-13,16-17H2,1-5H3/t28-,29-/m0/s1. The summed E-state index contributed by atoms with van der Waals surface area (Å²) in [4.78, 5) is 17.3. The van der Waals surface area contributed by atoms with Gasteiger partial charge in [-0.2, -0.15) is 0 Å². The first kappa shape index (κ1) is 29.5. The Hall–Kier alpha value is -4.89. The van der Waals surface area contributed by atoms with E-state index in [2.05, 4.69) is 30.1 Å². The molecule has 4 aliphatic heterocycles. The van der Waals surface area contributed by atoms with Crippen LogP contribution < -0.4 is 23.7 Å². The summed E-state index contributed by atoms with van der Waals surface area (Å²) in [5, 5.41) is 11.2. The summed E-state index contributed by atoms with van der Waals surface area (Å²) >= 11 is 0. The van der Waals surface area contributed by atoms with Gasteiger partial charge >= 0.3 is 0 Å². The maximum absolute atomic E-state index is 13.0. The Morgan fingerprint density at radius 2 is 1.51 bits per heavy atom. The smallest absolute Gasteiger partial charge is 0.219 e. The molecule has 242 valence electrons. The lowest BCUT2D eigenvalue weighted by atomic mass is 9.85. The number of phenols is 1. The number of nitrogens with zero attached hydrogens (tertiary/aromatic N) is 2. The predicted molar refractivity (Wildman–Crippen MR) is 177 cm³/mol. The van der Waals surface area contributed by atoms with Gasteiger partial charge in [-0.1, -0.05) is 12.1 Å². The Bertz CT molecular complexity index is 1950. The van der Waals surface area contributed by atoms with Crippen LogP contribution in [0.3, 0.4) is 0 Å². The Balaban J connectivity index is 1.42. The first-order valence-electron chi connectivity index (χ1n) is 16.1. The van der Waals surface area contributed by atoms with Crippen molar-refractivity contribution in [3.63, 3.8) is 0 Å². The van der Waals surface area contributed by atoms with E-state index in [1.54, 1.807) is 34.3 Å². The van der Waals surface area contributed by atoms with E-state index in [9.17, 15) is 9.90 Å². The minimum Gasteiger partial charge on any atom is -0.507 e. The van der Waals surface area contributed by atoms with Crippen LogP contribution in [0.15, 0.2) is 48.5 Å². The number of amides is 1. The molecule has 1 N–H and O–H groups in total.